The van der Waals surface area contributed by atoms with E-state index in [2.05, 4.69) is 10.3 Å². The number of hydrogen-bond donors (Lipinski definition) is 1. The highest BCUT2D eigenvalue weighted by Crippen LogP contribution is 2.15. The Bertz CT molecular complexity index is 774. The molecule has 0 saturated heterocycles. The maximum absolute atomic E-state index is 12.1. The Labute approximate surface area is 139 Å². The third-order valence-corrected chi connectivity index (χ3v) is 4.87. The van der Waals surface area contributed by atoms with E-state index in [4.69, 9.17) is 16.3 Å². The number of hydrogen-bond acceptors (Lipinski definition) is 5. The molecule has 0 atom stereocenters. The van der Waals surface area contributed by atoms with E-state index < -0.39 is 21.5 Å². The van der Waals surface area contributed by atoms with Gasteiger partial charge in [-0.05, 0) is 29.8 Å². The van der Waals surface area contributed by atoms with Gasteiger partial charge in [-0.2, -0.15) is 0 Å². The normalized spacial score (nSPS) is 11.0. The topological polar surface area (TPSA) is 85.4 Å². The second-order valence-corrected chi connectivity index (χ2v) is 7.12. The largest absolute Gasteiger partial charge is 0.481 e. The van der Waals surface area contributed by atoms with E-state index in [1.807, 2.05) is 0 Å². The van der Waals surface area contributed by atoms with Gasteiger partial charge in [-0.15, -0.1) is 0 Å². The fourth-order valence-corrected chi connectivity index (χ4v) is 3.08. The molecule has 0 radical (unpaired) electrons. The van der Waals surface area contributed by atoms with Crippen molar-refractivity contribution in [3.8, 4) is 5.88 Å². The van der Waals surface area contributed by atoms with Gasteiger partial charge in [-0.3, -0.25) is 4.79 Å². The predicted molar refractivity (Wildman–Crippen MR) is 86.1 cm³/mol. The standard InChI is InChI=1S/C15H15ClN2O4S/c1-22-15-7-2-11(9-18-15)8-17-14(19)10-23(20,21)13-5-3-12(16)4-6-13/h2-7,9H,8,10H2,1H3,(H,17,19). The number of carbonyl (C=O) groups is 1. The summed E-state index contributed by atoms with van der Waals surface area (Å²) in [6.07, 6.45) is 1.55. The van der Waals surface area contributed by atoms with Gasteiger partial charge in [-0.1, -0.05) is 17.7 Å². The molecule has 0 unspecified atom stereocenters. The highest BCUT2D eigenvalue weighted by atomic mass is 35.5. The molecule has 23 heavy (non-hydrogen) atoms. The first kappa shape index (κ1) is 17.2. The first-order valence-corrected chi connectivity index (χ1v) is 8.68. The van der Waals surface area contributed by atoms with Gasteiger partial charge in [0, 0.05) is 23.8 Å². The zero-order valence-corrected chi connectivity index (χ0v) is 13.9. The van der Waals surface area contributed by atoms with Gasteiger partial charge in [0.1, 0.15) is 5.75 Å². The van der Waals surface area contributed by atoms with Crippen LogP contribution in [0.25, 0.3) is 0 Å². The van der Waals surface area contributed by atoms with Crippen molar-refractivity contribution in [1.82, 2.24) is 10.3 Å². The fraction of sp³-hybridized carbons (Fsp3) is 0.200. The number of ether oxygens (including phenoxy) is 1. The summed E-state index contributed by atoms with van der Waals surface area (Å²) in [6, 6.07) is 9.08. The quantitative estimate of drug-likeness (QED) is 0.855. The number of aromatic nitrogens is 1. The van der Waals surface area contributed by atoms with Gasteiger partial charge in [0.2, 0.25) is 11.8 Å². The minimum atomic E-state index is -3.70. The molecular formula is C15H15ClN2O4S. The van der Waals surface area contributed by atoms with E-state index in [-0.39, 0.29) is 11.4 Å². The van der Waals surface area contributed by atoms with Crippen molar-refractivity contribution in [1.29, 1.82) is 0 Å². The van der Waals surface area contributed by atoms with E-state index in [1.54, 1.807) is 18.3 Å². The molecular weight excluding hydrogens is 340 g/mol. The fourth-order valence-electron chi connectivity index (χ4n) is 1.79. The molecule has 1 heterocycles. The molecule has 8 heteroatoms. The van der Waals surface area contributed by atoms with Crippen LogP contribution in [0.15, 0.2) is 47.5 Å². The molecule has 0 aliphatic heterocycles. The number of methoxy groups -OCH3 is 1. The van der Waals surface area contributed by atoms with E-state index in [9.17, 15) is 13.2 Å². The Morgan fingerprint density at radius 3 is 2.48 bits per heavy atom. The molecule has 0 fully saturated rings. The number of sulfone groups is 1. The summed E-state index contributed by atoms with van der Waals surface area (Å²) in [5.74, 6) is -0.751. The first-order valence-electron chi connectivity index (χ1n) is 6.64. The summed E-state index contributed by atoms with van der Waals surface area (Å²) in [4.78, 5) is 15.9. The van der Waals surface area contributed by atoms with E-state index in [1.165, 1.54) is 31.4 Å². The summed E-state index contributed by atoms with van der Waals surface area (Å²) < 4.78 is 29.2. The summed E-state index contributed by atoms with van der Waals surface area (Å²) >= 11 is 5.72. The van der Waals surface area contributed by atoms with Crippen molar-refractivity contribution in [3.05, 3.63) is 53.2 Å². The number of carbonyl (C=O) groups excluding carboxylic acids is 1. The summed E-state index contributed by atoms with van der Waals surface area (Å²) in [5, 5.41) is 2.98. The number of pyridine rings is 1. The molecule has 0 aliphatic rings. The summed E-state index contributed by atoms with van der Waals surface area (Å²) in [5.41, 5.74) is 0.739. The van der Waals surface area contributed by atoms with Crippen LogP contribution in [0.1, 0.15) is 5.56 Å². The Morgan fingerprint density at radius 1 is 1.22 bits per heavy atom. The molecule has 0 bridgehead atoms. The van der Waals surface area contributed by atoms with Gasteiger partial charge in [-0.25, -0.2) is 13.4 Å². The number of nitrogens with zero attached hydrogens (tertiary/aromatic N) is 1. The van der Waals surface area contributed by atoms with E-state index in [0.29, 0.717) is 10.9 Å². The van der Waals surface area contributed by atoms with Crippen LogP contribution in [-0.4, -0.2) is 32.2 Å². The van der Waals surface area contributed by atoms with Crippen LogP contribution < -0.4 is 10.1 Å². The molecule has 1 aromatic carbocycles. The van der Waals surface area contributed by atoms with Gasteiger partial charge in [0.15, 0.2) is 9.84 Å². The number of amides is 1. The maximum Gasteiger partial charge on any atom is 0.235 e. The molecule has 0 spiro atoms. The smallest absolute Gasteiger partial charge is 0.235 e. The zero-order chi connectivity index (χ0) is 16.9. The molecule has 1 aromatic heterocycles. The number of halogens is 1. The van der Waals surface area contributed by atoms with Crippen molar-refractivity contribution in [2.75, 3.05) is 12.9 Å². The lowest BCUT2D eigenvalue weighted by Crippen LogP contribution is -2.29. The third kappa shape index (κ3) is 4.94. The lowest BCUT2D eigenvalue weighted by Gasteiger charge is -2.07. The minimum absolute atomic E-state index is 0.0585. The molecule has 1 amide bonds. The van der Waals surface area contributed by atoms with Crippen LogP contribution in [0, 0.1) is 0 Å². The van der Waals surface area contributed by atoms with Gasteiger partial charge < -0.3 is 10.1 Å². The van der Waals surface area contributed by atoms with Gasteiger partial charge >= 0.3 is 0 Å². The predicted octanol–water partition coefficient (Wildman–Crippen LogP) is 1.83. The Morgan fingerprint density at radius 2 is 1.91 bits per heavy atom. The molecule has 0 saturated carbocycles. The van der Waals surface area contributed by atoms with Crippen molar-refractivity contribution in [2.45, 2.75) is 11.4 Å². The molecule has 1 N–H and O–H groups in total. The average molecular weight is 355 g/mol. The molecule has 2 aromatic rings. The van der Waals surface area contributed by atoms with Crippen LogP contribution in [0.2, 0.25) is 5.02 Å². The summed E-state index contributed by atoms with van der Waals surface area (Å²) in [7, 11) is -2.19. The second-order valence-electron chi connectivity index (χ2n) is 4.70. The summed E-state index contributed by atoms with van der Waals surface area (Å²) in [6.45, 7) is 0.186. The van der Waals surface area contributed by atoms with Gasteiger partial charge in [0.25, 0.3) is 0 Å². The SMILES string of the molecule is COc1ccc(CNC(=O)CS(=O)(=O)c2ccc(Cl)cc2)cn1. The van der Waals surface area contributed by atoms with E-state index >= 15 is 0 Å². The zero-order valence-electron chi connectivity index (χ0n) is 12.3. The van der Waals surface area contributed by atoms with Crippen LogP contribution in [0.4, 0.5) is 0 Å². The number of rotatable bonds is 6. The van der Waals surface area contributed by atoms with Crippen LogP contribution in [-0.2, 0) is 21.2 Å². The molecule has 2 rings (SSSR count). The maximum atomic E-state index is 12.1. The highest BCUT2D eigenvalue weighted by molar-refractivity contribution is 7.92. The Hall–Kier alpha value is -2.12. The minimum Gasteiger partial charge on any atom is -0.481 e. The van der Waals surface area contributed by atoms with Crippen LogP contribution in [0.5, 0.6) is 5.88 Å². The average Bonchev–Trinajstić information content (AvgIpc) is 2.53. The lowest BCUT2D eigenvalue weighted by molar-refractivity contribution is -0.118. The number of benzene rings is 1. The second kappa shape index (κ2) is 7.43. The Kier molecular flexibility index (Phi) is 5.57. The Balaban J connectivity index is 1.94. The van der Waals surface area contributed by atoms with Crippen LogP contribution >= 0.6 is 11.6 Å². The molecule has 122 valence electrons. The van der Waals surface area contributed by atoms with Crippen molar-refractivity contribution >= 4 is 27.3 Å². The monoisotopic (exact) mass is 354 g/mol. The van der Waals surface area contributed by atoms with E-state index in [0.717, 1.165) is 5.56 Å². The highest BCUT2D eigenvalue weighted by Gasteiger charge is 2.19. The third-order valence-electron chi connectivity index (χ3n) is 2.99. The molecule has 6 nitrogen and oxygen atoms in total. The van der Waals surface area contributed by atoms with Gasteiger partial charge in [0.05, 0.1) is 12.0 Å². The van der Waals surface area contributed by atoms with Crippen molar-refractivity contribution in [3.63, 3.8) is 0 Å². The van der Waals surface area contributed by atoms with Crippen molar-refractivity contribution < 1.29 is 17.9 Å². The van der Waals surface area contributed by atoms with Crippen molar-refractivity contribution in [2.24, 2.45) is 0 Å². The first-order chi connectivity index (χ1) is 10.9. The lowest BCUT2D eigenvalue weighted by atomic mass is 10.3. The van der Waals surface area contributed by atoms with Crippen LogP contribution in [0.3, 0.4) is 0 Å². The molecule has 0 aliphatic carbocycles. The number of nitrogens with one attached hydrogen (secondary N) is 1.